The third kappa shape index (κ3) is 3.72. The molecule has 1 fully saturated rings. The number of para-hydroxylation sites is 1. The van der Waals surface area contributed by atoms with Crippen molar-refractivity contribution in [3.05, 3.63) is 54.4 Å². The molecule has 10 heteroatoms. The zero-order valence-electron chi connectivity index (χ0n) is 16.7. The molecule has 1 aliphatic heterocycles. The Bertz CT molecular complexity index is 1410. The summed E-state index contributed by atoms with van der Waals surface area (Å²) in [6.45, 7) is 2.39. The summed E-state index contributed by atoms with van der Waals surface area (Å²) in [7, 11) is -3.35. The highest BCUT2D eigenvalue weighted by molar-refractivity contribution is 7.91. The van der Waals surface area contributed by atoms with E-state index in [0.29, 0.717) is 42.8 Å². The SMILES string of the molecule is CS(=O)(=O)c1cccc2sc(N3CCN(C(=O)c4ccc5nccnc5c4)CC3)nc12. The highest BCUT2D eigenvalue weighted by Crippen LogP contribution is 2.33. The first-order valence-electron chi connectivity index (χ1n) is 9.75. The molecule has 3 heterocycles. The first-order chi connectivity index (χ1) is 14.9. The van der Waals surface area contributed by atoms with E-state index in [9.17, 15) is 13.2 Å². The number of amides is 1. The molecule has 1 amide bonds. The average Bonchev–Trinajstić information content (AvgIpc) is 3.22. The van der Waals surface area contributed by atoms with Crippen molar-refractivity contribution in [2.24, 2.45) is 0 Å². The maximum atomic E-state index is 13.0. The highest BCUT2D eigenvalue weighted by Gasteiger charge is 2.25. The summed E-state index contributed by atoms with van der Waals surface area (Å²) < 4.78 is 25.0. The number of rotatable bonds is 3. The van der Waals surface area contributed by atoms with Crippen molar-refractivity contribution in [3.8, 4) is 0 Å². The zero-order chi connectivity index (χ0) is 21.6. The topological polar surface area (TPSA) is 96.4 Å². The van der Waals surface area contributed by atoms with Gasteiger partial charge in [0.2, 0.25) is 0 Å². The quantitative estimate of drug-likeness (QED) is 0.470. The molecule has 1 aliphatic rings. The molecule has 0 saturated carbocycles. The van der Waals surface area contributed by atoms with Crippen LogP contribution in [0, 0.1) is 0 Å². The Morgan fingerprint density at radius 2 is 1.74 bits per heavy atom. The second kappa shape index (κ2) is 7.54. The number of hydrogen-bond donors (Lipinski definition) is 0. The Morgan fingerprint density at radius 1 is 1.00 bits per heavy atom. The molecule has 0 radical (unpaired) electrons. The van der Waals surface area contributed by atoms with Crippen LogP contribution >= 0.6 is 11.3 Å². The van der Waals surface area contributed by atoms with Gasteiger partial charge in [-0.05, 0) is 30.3 Å². The Kier molecular flexibility index (Phi) is 4.82. The fourth-order valence-electron chi connectivity index (χ4n) is 3.73. The van der Waals surface area contributed by atoms with Crippen LogP contribution in [0.25, 0.3) is 21.3 Å². The van der Waals surface area contributed by atoms with Crippen molar-refractivity contribution in [1.82, 2.24) is 19.9 Å². The largest absolute Gasteiger partial charge is 0.345 e. The Hall–Kier alpha value is -3.11. The number of anilines is 1. The molecule has 1 saturated heterocycles. The van der Waals surface area contributed by atoms with Gasteiger partial charge in [0.1, 0.15) is 5.52 Å². The molecule has 8 nitrogen and oxygen atoms in total. The molecule has 31 heavy (non-hydrogen) atoms. The van der Waals surface area contributed by atoms with Crippen LogP contribution in [0.3, 0.4) is 0 Å². The van der Waals surface area contributed by atoms with E-state index in [2.05, 4.69) is 19.9 Å². The highest BCUT2D eigenvalue weighted by atomic mass is 32.2. The molecule has 0 atom stereocenters. The number of carbonyl (C=O) groups is 1. The van der Waals surface area contributed by atoms with Gasteiger partial charge in [-0.3, -0.25) is 14.8 Å². The van der Waals surface area contributed by atoms with Gasteiger partial charge in [0.25, 0.3) is 5.91 Å². The van der Waals surface area contributed by atoms with E-state index in [1.54, 1.807) is 36.7 Å². The number of sulfone groups is 1. The predicted octanol–water partition coefficient (Wildman–Crippen LogP) is 2.61. The van der Waals surface area contributed by atoms with E-state index in [1.165, 1.54) is 17.6 Å². The lowest BCUT2D eigenvalue weighted by Crippen LogP contribution is -2.48. The summed E-state index contributed by atoms with van der Waals surface area (Å²) >= 11 is 1.47. The summed E-state index contributed by atoms with van der Waals surface area (Å²) in [4.78, 5) is 30.3. The van der Waals surface area contributed by atoms with Gasteiger partial charge in [0, 0.05) is 50.4 Å². The van der Waals surface area contributed by atoms with Gasteiger partial charge >= 0.3 is 0 Å². The number of benzene rings is 2. The van der Waals surface area contributed by atoms with Crippen LogP contribution in [-0.2, 0) is 9.84 Å². The third-order valence-electron chi connectivity index (χ3n) is 5.32. The van der Waals surface area contributed by atoms with E-state index < -0.39 is 9.84 Å². The molecular formula is C21H19N5O3S2. The maximum Gasteiger partial charge on any atom is 0.254 e. The number of nitrogens with zero attached hydrogens (tertiary/aromatic N) is 5. The minimum absolute atomic E-state index is 0.0316. The molecular weight excluding hydrogens is 434 g/mol. The summed E-state index contributed by atoms with van der Waals surface area (Å²) in [6, 6.07) is 10.6. The molecule has 0 aliphatic carbocycles. The number of thiazole rings is 1. The van der Waals surface area contributed by atoms with E-state index in [0.717, 1.165) is 15.3 Å². The summed E-state index contributed by atoms with van der Waals surface area (Å²) in [5.74, 6) is -0.0316. The fraction of sp³-hybridized carbons (Fsp3) is 0.238. The van der Waals surface area contributed by atoms with Gasteiger partial charge in [0.05, 0.1) is 20.6 Å². The number of aromatic nitrogens is 3. The van der Waals surface area contributed by atoms with Crippen LogP contribution in [0.15, 0.2) is 53.7 Å². The second-order valence-electron chi connectivity index (χ2n) is 7.41. The number of hydrogen-bond acceptors (Lipinski definition) is 8. The molecule has 0 unspecified atom stereocenters. The van der Waals surface area contributed by atoms with Crippen molar-refractivity contribution in [2.75, 3.05) is 37.3 Å². The van der Waals surface area contributed by atoms with Gasteiger partial charge in [-0.2, -0.15) is 0 Å². The molecule has 4 aromatic rings. The van der Waals surface area contributed by atoms with Crippen molar-refractivity contribution < 1.29 is 13.2 Å². The van der Waals surface area contributed by atoms with Crippen LogP contribution in [-0.4, -0.2) is 66.6 Å². The third-order valence-corrected chi connectivity index (χ3v) is 7.53. The Morgan fingerprint density at radius 3 is 2.48 bits per heavy atom. The first kappa shape index (κ1) is 19.8. The lowest BCUT2D eigenvalue weighted by Gasteiger charge is -2.34. The van der Waals surface area contributed by atoms with E-state index >= 15 is 0 Å². The van der Waals surface area contributed by atoms with Crippen LogP contribution in [0.5, 0.6) is 0 Å². The van der Waals surface area contributed by atoms with Crippen molar-refractivity contribution in [2.45, 2.75) is 4.90 Å². The van der Waals surface area contributed by atoms with Gasteiger partial charge in [-0.1, -0.05) is 17.4 Å². The monoisotopic (exact) mass is 453 g/mol. The Balaban J connectivity index is 1.33. The molecule has 0 N–H and O–H groups in total. The summed E-state index contributed by atoms with van der Waals surface area (Å²) in [5, 5.41) is 0.777. The minimum Gasteiger partial charge on any atom is -0.345 e. The van der Waals surface area contributed by atoms with Crippen molar-refractivity contribution in [1.29, 1.82) is 0 Å². The van der Waals surface area contributed by atoms with E-state index in [1.807, 2.05) is 17.0 Å². The number of fused-ring (bicyclic) bond motifs is 2. The molecule has 158 valence electrons. The predicted molar refractivity (Wildman–Crippen MR) is 120 cm³/mol. The number of piperazine rings is 1. The lowest BCUT2D eigenvalue weighted by atomic mass is 10.1. The van der Waals surface area contributed by atoms with Gasteiger partial charge < -0.3 is 9.80 Å². The summed E-state index contributed by atoms with van der Waals surface area (Å²) in [6.07, 6.45) is 4.44. The molecule has 2 aromatic carbocycles. The van der Waals surface area contributed by atoms with E-state index in [4.69, 9.17) is 0 Å². The van der Waals surface area contributed by atoms with Crippen LogP contribution in [0.4, 0.5) is 5.13 Å². The molecule has 2 aromatic heterocycles. The number of carbonyl (C=O) groups excluding carboxylic acids is 1. The first-order valence-corrected chi connectivity index (χ1v) is 12.5. The normalized spacial score (nSPS) is 15.0. The molecule has 5 rings (SSSR count). The van der Waals surface area contributed by atoms with Crippen LogP contribution < -0.4 is 4.90 Å². The maximum absolute atomic E-state index is 13.0. The van der Waals surface area contributed by atoms with Gasteiger partial charge in [-0.25, -0.2) is 13.4 Å². The van der Waals surface area contributed by atoms with Crippen LogP contribution in [0.1, 0.15) is 10.4 Å². The standard InChI is InChI=1S/C21H19N5O3S2/c1-31(28,29)18-4-2-3-17-19(18)24-21(30-17)26-11-9-25(10-12-26)20(27)14-5-6-15-16(13-14)23-8-7-22-15/h2-8,13H,9-12H2,1H3. The van der Waals surface area contributed by atoms with Crippen molar-refractivity contribution >= 4 is 53.5 Å². The minimum atomic E-state index is -3.35. The van der Waals surface area contributed by atoms with Gasteiger partial charge in [-0.15, -0.1) is 0 Å². The van der Waals surface area contributed by atoms with E-state index in [-0.39, 0.29) is 10.8 Å². The summed E-state index contributed by atoms with van der Waals surface area (Å²) in [5.41, 5.74) is 2.57. The second-order valence-corrected chi connectivity index (χ2v) is 10.4. The average molecular weight is 454 g/mol. The fourth-order valence-corrected chi connectivity index (χ4v) is 5.67. The van der Waals surface area contributed by atoms with Gasteiger partial charge in [0.15, 0.2) is 15.0 Å². The lowest BCUT2D eigenvalue weighted by molar-refractivity contribution is 0.0747. The molecule has 0 bridgehead atoms. The van der Waals surface area contributed by atoms with Crippen LogP contribution in [0.2, 0.25) is 0 Å². The zero-order valence-corrected chi connectivity index (χ0v) is 18.4. The molecule has 0 spiro atoms. The smallest absolute Gasteiger partial charge is 0.254 e. The Labute approximate surface area is 183 Å². The van der Waals surface area contributed by atoms with Crippen molar-refractivity contribution in [3.63, 3.8) is 0 Å².